The second-order valence-electron chi connectivity index (χ2n) is 6.98. The Labute approximate surface area is 179 Å². The minimum absolute atomic E-state index is 0.0269. The third-order valence-corrected chi connectivity index (χ3v) is 4.87. The number of nitrogens with two attached hydrogens (primary N) is 1. The Kier molecular flexibility index (Phi) is 8.46. The van der Waals surface area contributed by atoms with E-state index >= 15 is 0 Å². The van der Waals surface area contributed by atoms with E-state index in [9.17, 15) is 22.4 Å². The molecule has 166 valence electrons. The average molecular weight is 436 g/mol. The van der Waals surface area contributed by atoms with E-state index in [-0.39, 0.29) is 11.7 Å². The van der Waals surface area contributed by atoms with Gasteiger partial charge in [0.05, 0.1) is 5.56 Å². The number of carbonyl (C=O) groups excluding carboxylic acids is 1. The number of benzene rings is 2. The topological polar surface area (TPSA) is 55.6 Å². The molecule has 4 nitrogen and oxygen atoms in total. The number of ether oxygens (including phenoxy) is 1. The van der Waals surface area contributed by atoms with E-state index in [1.54, 1.807) is 17.0 Å². The van der Waals surface area contributed by atoms with Crippen LogP contribution in [0, 0.1) is 18.7 Å². The van der Waals surface area contributed by atoms with Crippen molar-refractivity contribution >= 4 is 5.91 Å². The molecular formula is C23H24F4N2O2. The quantitative estimate of drug-likeness (QED) is 0.398. The molecule has 1 heterocycles. The maximum absolute atomic E-state index is 13.7. The van der Waals surface area contributed by atoms with Crippen LogP contribution in [-0.2, 0) is 23.9 Å². The molecule has 0 bridgehead atoms. The van der Waals surface area contributed by atoms with Crippen LogP contribution in [0.25, 0.3) is 0 Å². The number of amides is 1. The molecule has 0 spiro atoms. The SMILES string of the molecule is C#C.NCCCCC(=O)N1CCc2ccc(Oc3ccc(C(F)(F)F)c(F)c3)cc2C1. The van der Waals surface area contributed by atoms with Crippen molar-refractivity contribution in [1.29, 1.82) is 0 Å². The van der Waals surface area contributed by atoms with Gasteiger partial charge in [-0.1, -0.05) is 6.07 Å². The maximum Gasteiger partial charge on any atom is 0.419 e. The maximum atomic E-state index is 13.7. The Balaban J connectivity index is 0.00000166. The van der Waals surface area contributed by atoms with Crippen molar-refractivity contribution in [3.8, 4) is 24.3 Å². The van der Waals surface area contributed by atoms with Gasteiger partial charge in [-0.2, -0.15) is 13.2 Å². The molecule has 0 atom stereocenters. The monoisotopic (exact) mass is 436 g/mol. The molecule has 0 unspecified atom stereocenters. The minimum Gasteiger partial charge on any atom is -0.457 e. The Morgan fingerprint density at radius 2 is 1.74 bits per heavy atom. The number of hydrogen-bond donors (Lipinski definition) is 1. The second-order valence-corrected chi connectivity index (χ2v) is 6.98. The van der Waals surface area contributed by atoms with Crippen LogP contribution >= 0.6 is 0 Å². The lowest BCUT2D eigenvalue weighted by molar-refractivity contribution is -0.140. The van der Waals surface area contributed by atoms with Crippen molar-refractivity contribution in [3.05, 3.63) is 58.9 Å². The highest BCUT2D eigenvalue weighted by atomic mass is 19.4. The van der Waals surface area contributed by atoms with E-state index in [0.717, 1.165) is 36.1 Å². The largest absolute Gasteiger partial charge is 0.457 e. The van der Waals surface area contributed by atoms with Crippen molar-refractivity contribution in [3.63, 3.8) is 0 Å². The Morgan fingerprint density at radius 1 is 1.06 bits per heavy atom. The van der Waals surface area contributed by atoms with Crippen molar-refractivity contribution < 1.29 is 27.1 Å². The van der Waals surface area contributed by atoms with Crippen LogP contribution in [0.15, 0.2) is 36.4 Å². The minimum atomic E-state index is -4.76. The molecular weight excluding hydrogens is 412 g/mol. The summed E-state index contributed by atoms with van der Waals surface area (Å²) >= 11 is 0. The lowest BCUT2D eigenvalue weighted by Gasteiger charge is -2.29. The standard InChI is InChI=1S/C21H22F4N2O2.C2H2/c22-19-12-17(6-7-18(19)21(23,24)25)29-16-5-4-14-8-10-27(13-15(14)11-16)20(28)3-1-2-9-26;1-2/h4-7,11-12H,1-3,8-10,13,26H2;1-2H. The highest BCUT2D eigenvalue weighted by Gasteiger charge is 2.34. The summed E-state index contributed by atoms with van der Waals surface area (Å²) < 4.78 is 57.3. The van der Waals surface area contributed by atoms with Crippen LogP contribution < -0.4 is 10.5 Å². The fourth-order valence-electron chi connectivity index (χ4n) is 3.31. The first-order chi connectivity index (χ1) is 14.8. The molecule has 0 aliphatic carbocycles. The van der Waals surface area contributed by atoms with E-state index < -0.39 is 17.6 Å². The van der Waals surface area contributed by atoms with E-state index in [1.807, 2.05) is 6.07 Å². The third-order valence-electron chi connectivity index (χ3n) is 4.87. The number of fused-ring (bicyclic) bond motifs is 1. The smallest absolute Gasteiger partial charge is 0.419 e. The van der Waals surface area contributed by atoms with Crippen molar-refractivity contribution in [1.82, 2.24) is 4.90 Å². The molecule has 1 aliphatic rings. The first-order valence-electron chi connectivity index (χ1n) is 9.75. The number of unbranched alkanes of at least 4 members (excludes halogenated alkanes) is 1. The average Bonchev–Trinajstić information content (AvgIpc) is 2.74. The van der Waals surface area contributed by atoms with Gasteiger partial charge in [0.2, 0.25) is 5.91 Å². The highest BCUT2D eigenvalue weighted by molar-refractivity contribution is 5.76. The summed E-state index contributed by atoms with van der Waals surface area (Å²) in [6.07, 6.45) is 5.97. The Bertz CT molecular complexity index is 926. The summed E-state index contributed by atoms with van der Waals surface area (Å²) in [5.41, 5.74) is 6.12. The molecule has 1 amide bonds. The zero-order valence-corrected chi connectivity index (χ0v) is 16.9. The predicted molar refractivity (Wildman–Crippen MR) is 110 cm³/mol. The molecule has 0 radical (unpaired) electrons. The number of terminal acetylenes is 1. The van der Waals surface area contributed by atoms with Gasteiger partial charge in [0, 0.05) is 25.6 Å². The van der Waals surface area contributed by atoms with Gasteiger partial charge in [0.15, 0.2) is 0 Å². The van der Waals surface area contributed by atoms with Crippen LogP contribution in [0.2, 0.25) is 0 Å². The first kappa shape index (κ1) is 24.2. The van der Waals surface area contributed by atoms with Crippen molar-refractivity contribution in [2.45, 2.75) is 38.4 Å². The molecule has 2 aromatic rings. The summed E-state index contributed by atoms with van der Waals surface area (Å²) in [5, 5.41) is 0. The third kappa shape index (κ3) is 6.46. The summed E-state index contributed by atoms with van der Waals surface area (Å²) in [6, 6.07) is 7.75. The second kappa shape index (κ2) is 10.8. The van der Waals surface area contributed by atoms with Crippen molar-refractivity contribution in [2.24, 2.45) is 5.73 Å². The predicted octanol–water partition coefficient (Wildman–Crippen LogP) is 4.90. The molecule has 3 rings (SSSR count). The highest BCUT2D eigenvalue weighted by Crippen LogP contribution is 2.34. The van der Waals surface area contributed by atoms with Gasteiger partial charge < -0.3 is 15.4 Å². The molecule has 31 heavy (non-hydrogen) atoms. The van der Waals surface area contributed by atoms with Gasteiger partial charge in [0.1, 0.15) is 17.3 Å². The van der Waals surface area contributed by atoms with Gasteiger partial charge in [-0.05, 0) is 61.2 Å². The lowest BCUT2D eigenvalue weighted by Crippen LogP contribution is -2.35. The zero-order chi connectivity index (χ0) is 23.0. The molecule has 0 fully saturated rings. The van der Waals surface area contributed by atoms with Gasteiger partial charge in [-0.3, -0.25) is 4.79 Å². The molecule has 2 N–H and O–H groups in total. The number of alkyl halides is 3. The van der Waals surface area contributed by atoms with Gasteiger partial charge in [0.25, 0.3) is 0 Å². The Morgan fingerprint density at radius 3 is 2.39 bits per heavy atom. The molecule has 1 aliphatic heterocycles. The van der Waals surface area contributed by atoms with Gasteiger partial charge in [-0.15, -0.1) is 12.8 Å². The lowest BCUT2D eigenvalue weighted by atomic mass is 9.99. The first-order valence-corrected chi connectivity index (χ1v) is 9.75. The molecule has 0 aromatic heterocycles. The fourth-order valence-corrected chi connectivity index (χ4v) is 3.31. The van der Waals surface area contributed by atoms with Crippen LogP contribution in [0.5, 0.6) is 11.5 Å². The van der Waals surface area contributed by atoms with E-state index in [2.05, 4.69) is 12.8 Å². The van der Waals surface area contributed by atoms with Crippen LogP contribution in [0.1, 0.15) is 36.0 Å². The summed E-state index contributed by atoms with van der Waals surface area (Å²) in [5.74, 6) is -0.969. The number of halogens is 4. The fraction of sp³-hybridized carbons (Fsp3) is 0.348. The van der Waals surface area contributed by atoms with E-state index in [4.69, 9.17) is 10.5 Å². The Hall–Kier alpha value is -3.05. The molecule has 0 saturated heterocycles. The zero-order valence-electron chi connectivity index (χ0n) is 16.9. The van der Waals surface area contributed by atoms with Gasteiger partial charge >= 0.3 is 6.18 Å². The number of rotatable bonds is 6. The van der Waals surface area contributed by atoms with Crippen LogP contribution in [-0.4, -0.2) is 23.9 Å². The number of carbonyl (C=O) groups is 1. The van der Waals surface area contributed by atoms with Crippen molar-refractivity contribution in [2.75, 3.05) is 13.1 Å². The number of nitrogens with zero attached hydrogens (tertiary/aromatic N) is 1. The number of hydrogen-bond acceptors (Lipinski definition) is 3. The van der Waals surface area contributed by atoms with Crippen LogP contribution in [0.3, 0.4) is 0 Å². The summed E-state index contributed by atoms with van der Waals surface area (Å²) in [4.78, 5) is 14.1. The molecule has 2 aromatic carbocycles. The summed E-state index contributed by atoms with van der Waals surface area (Å²) in [7, 11) is 0. The van der Waals surface area contributed by atoms with E-state index in [1.165, 1.54) is 0 Å². The van der Waals surface area contributed by atoms with Crippen LogP contribution in [0.4, 0.5) is 17.6 Å². The van der Waals surface area contributed by atoms with Gasteiger partial charge in [-0.25, -0.2) is 4.39 Å². The molecule has 0 saturated carbocycles. The summed E-state index contributed by atoms with van der Waals surface area (Å²) in [6.45, 7) is 1.63. The normalized spacial score (nSPS) is 13.1. The molecule has 8 heteroatoms. The van der Waals surface area contributed by atoms with E-state index in [0.29, 0.717) is 44.3 Å².